The summed E-state index contributed by atoms with van der Waals surface area (Å²) in [4.78, 5) is 0. The SMILES string of the molecule is [2H]N1CCCCC1C(C)(C)C. The van der Waals surface area contributed by atoms with E-state index in [2.05, 4.69) is 20.8 Å². The molecule has 0 aromatic heterocycles. The highest BCUT2D eigenvalue weighted by Crippen LogP contribution is 2.25. The maximum absolute atomic E-state index is 7.72. The van der Waals surface area contributed by atoms with Gasteiger partial charge in [0.05, 0.1) is 0 Å². The lowest BCUT2D eigenvalue weighted by atomic mass is 9.82. The molecule has 0 aromatic rings. The molecule has 1 saturated heterocycles. The predicted octanol–water partition coefficient (Wildman–Crippen LogP) is 2.17. The van der Waals surface area contributed by atoms with E-state index in [4.69, 9.17) is 1.41 Å². The normalized spacial score (nSPS) is 31.9. The van der Waals surface area contributed by atoms with Crippen LogP contribution in [0.3, 0.4) is 0 Å². The average molecular weight is 142 g/mol. The second kappa shape index (κ2) is 2.91. The van der Waals surface area contributed by atoms with E-state index < -0.39 is 0 Å². The molecule has 1 aliphatic heterocycles. The summed E-state index contributed by atoms with van der Waals surface area (Å²) in [5, 5.41) is 1.77. The Morgan fingerprint density at radius 3 is 2.50 bits per heavy atom. The lowest BCUT2D eigenvalue weighted by molar-refractivity contribution is 0.226. The average Bonchev–Trinajstić information content (AvgIpc) is 1.86. The first-order valence-electron chi connectivity index (χ1n) is 4.72. The fourth-order valence-corrected chi connectivity index (χ4v) is 1.49. The van der Waals surface area contributed by atoms with Crippen molar-refractivity contribution in [3.63, 3.8) is 0 Å². The summed E-state index contributed by atoms with van der Waals surface area (Å²) in [5.41, 5.74) is 0.280. The van der Waals surface area contributed by atoms with E-state index >= 15 is 0 Å². The van der Waals surface area contributed by atoms with Crippen LogP contribution < -0.4 is 5.31 Å². The third-order valence-corrected chi connectivity index (χ3v) is 2.23. The van der Waals surface area contributed by atoms with Crippen LogP contribution in [0.1, 0.15) is 40.0 Å². The molecule has 1 N–H and O–H groups in total. The minimum atomic E-state index is 0.280. The number of piperidine rings is 1. The number of rotatable bonds is 0. The van der Waals surface area contributed by atoms with Gasteiger partial charge in [0.25, 0.3) is 0 Å². The first-order chi connectivity index (χ1) is 5.02. The third kappa shape index (κ3) is 1.98. The first kappa shape index (κ1) is 6.66. The van der Waals surface area contributed by atoms with E-state index in [1.54, 1.807) is 5.31 Å². The Hall–Kier alpha value is -0.0400. The first-order valence-corrected chi connectivity index (χ1v) is 4.27. The smallest absolute Gasteiger partial charge is 0.122 e. The Labute approximate surface area is 65.7 Å². The molecular weight excluding hydrogens is 122 g/mol. The highest BCUT2D eigenvalue weighted by Gasteiger charge is 2.25. The monoisotopic (exact) mass is 142 g/mol. The van der Waals surface area contributed by atoms with Crippen LogP contribution in [0.5, 0.6) is 0 Å². The van der Waals surface area contributed by atoms with Crippen LogP contribution in [-0.4, -0.2) is 12.6 Å². The minimum absolute atomic E-state index is 0.280. The minimum Gasteiger partial charge on any atom is -0.313 e. The molecule has 1 nitrogen and oxygen atoms in total. The van der Waals surface area contributed by atoms with Crippen LogP contribution in [0.4, 0.5) is 0 Å². The zero-order valence-corrected chi connectivity index (χ0v) is 7.35. The topological polar surface area (TPSA) is 12.0 Å². The molecule has 1 aliphatic rings. The molecule has 0 aromatic carbocycles. The second-order valence-electron chi connectivity index (χ2n) is 4.28. The molecule has 1 unspecified atom stereocenters. The van der Waals surface area contributed by atoms with Gasteiger partial charge in [-0.05, 0) is 24.8 Å². The molecule has 1 heterocycles. The highest BCUT2D eigenvalue weighted by atomic mass is 14.9. The molecule has 1 atom stereocenters. The zero-order chi connectivity index (χ0) is 8.48. The van der Waals surface area contributed by atoms with E-state index in [9.17, 15) is 0 Å². The summed E-state index contributed by atoms with van der Waals surface area (Å²) >= 11 is 0. The number of hydrogen-bond acceptors (Lipinski definition) is 1. The summed E-state index contributed by atoms with van der Waals surface area (Å²) < 4.78 is 7.72. The molecule has 1 rings (SSSR count). The van der Waals surface area contributed by atoms with Crippen molar-refractivity contribution in [2.45, 2.75) is 46.1 Å². The van der Waals surface area contributed by atoms with E-state index in [0.29, 0.717) is 6.04 Å². The Morgan fingerprint density at radius 1 is 1.40 bits per heavy atom. The Kier molecular flexibility index (Phi) is 1.94. The van der Waals surface area contributed by atoms with E-state index in [0.717, 1.165) is 6.54 Å². The van der Waals surface area contributed by atoms with Crippen molar-refractivity contribution in [2.75, 3.05) is 6.54 Å². The zero-order valence-electron chi connectivity index (χ0n) is 8.35. The second-order valence-corrected chi connectivity index (χ2v) is 4.28. The molecule has 0 aliphatic carbocycles. The molecule has 0 radical (unpaired) electrons. The van der Waals surface area contributed by atoms with Gasteiger partial charge in [-0.25, -0.2) is 0 Å². The van der Waals surface area contributed by atoms with Gasteiger partial charge in [0.2, 0.25) is 0 Å². The third-order valence-electron chi connectivity index (χ3n) is 2.23. The molecule has 0 saturated carbocycles. The van der Waals surface area contributed by atoms with Gasteiger partial charge in [-0.2, -0.15) is 0 Å². The van der Waals surface area contributed by atoms with Crippen molar-refractivity contribution >= 4 is 0 Å². The number of hydrogen-bond donors (Lipinski definition) is 1. The maximum Gasteiger partial charge on any atom is 0.122 e. The lowest BCUT2D eigenvalue weighted by Gasteiger charge is -2.34. The fourth-order valence-electron chi connectivity index (χ4n) is 1.49. The predicted molar refractivity (Wildman–Crippen MR) is 45.1 cm³/mol. The van der Waals surface area contributed by atoms with Crippen molar-refractivity contribution in [2.24, 2.45) is 5.41 Å². The van der Waals surface area contributed by atoms with Crippen molar-refractivity contribution in [1.82, 2.24) is 5.31 Å². The van der Waals surface area contributed by atoms with Gasteiger partial charge in [0.1, 0.15) is 1.41 Å². The van der Waals surface area contributed by atoms with Crippen molar-refractivity contribution < 1.29 is 1.41 Å². The van der Waals surface area contributed by atoms with Crippen LogP contribution in [0.15, 0.2) is 0 Å². The molecule has 1 heteroatoms. The van der Waals surface area contributed by atoms with Crippen molar-refractivity contribution in [1.29, 1.82) is 0 Å². The molecule has 1 fully saturated rings. The molecule has 10 heavy (non-hydrogen) atoms. The standard InChI is InChI=1S/C9H19N/c1-9(2,3)8-6-4-5-7-10-8/h8,10H,4-7H2,1-3H3/i/hD. The van der Waals surface area contributed by atoms with Crippen molar-refractivity contribution in [3.8, 4) is 0 Å². The Morgan fingerprint density at radius 2 is 2.10 bits per heavy atom. The molecular formula is C9H19N. The Balaban J connectivity index is 2.55. The van der Waals surface area contributed by atoms with Gasteiger partial charge in [0.15, 0.2) is 0 Å². The highest BCUT2D eigenvalue weighted by molar-refractivity contribution is 4.82. The van der Waals surface area contributed by atoms with Crippen molar-refractivity contribution in [3.05, 3.63) is 0 Å². The van der Waals surface area contributed by atoms with Crippen LogP contribution >= 0.6 is 0 Å². The maximum atomic E-state index is 7.72. The summed E-state index contributed by atoms with van der Waals surface area (Å²) in [5.74, 6) is 0. The van der Waals surface area contributed by atoms with Gasteiger partial charge in [-0.15, -0.1) is 0 Å². The number of nitrogens with one attached hydrogen (secondary N) is 1. The quantitative estimate of drug-likeness (QED) is 0.546. The van der Waals surface area contributed by atoms with Gasteiger partial charge >= 0.3 is 0 Å². The van der Waals surface area contributed by atoms with Gasteiger partial charge in [-0.1, -0.05) is 27.2 Å². The molecule has 0 bridgehead atoms. The van der Waals surface area contributed by atoms with Crippen LogP contribution in [0, 0.1) is 5.41 Å². The van der Waals surface area contributed by atoms with Crippen LogP contribution in [0.25, 0.3) is 0 Å². The fraction of sp³-hybridized carbons (Fsp3) is 1.00. The van der Waals surface area contributed by atoms with Gasteiger partial charge < -0.3 is 5.31 Å². The summed E-state index contributed by atoms with van der Waals surface area (Å²) in [6, 6.07) is 0.469. The van der Waals surface area contributed by atoms with Crippen LogP contribution in [0.2, 0.25) is 1.41 Å². The summed E-state index contributed by atoms with van der Waals surface area (Å²) in [7, 11) is 0. The van der Waals surface area contributed by atoms with Crippen LogP contribution in [-0.2, 0) is 0 Å². The van der Waals surface area contributed by atoms with E-state index in [1.807, 2.05) is 0 Å². The molecule has 0 amide bonds. The summed E-state index contributed by atoms with van der Waals surface area (Å²) in [6.07, 6.45) is 3.71. The van der Waals surface area contributed by atoms with E-state index in [1.165, 1.54) is 19.3 Å². The molecule has 60 valence electrons. The Bertz CT molecular complexity index is 128. The lowest BCUT2D eigenvalue weighted by Crippen LogP contribution is -2.43. The van der Waals surface area contributed by atoms with E-state index in [-0.39, 0.29) is 5.41 Å². The van der Waals surface area contributed by atoms with Gasteiger partial charge in [-0.3, -0.25) is 0 Å². The van der Waals surface area contributed by atoms with Gasteiger partial charge in [0, 0.05) is 6.04 Å². The summed E-state index contributed by atoms with van der Waals surface area (Å²) in [6.45, 7) is 7.64. The largest absolute Gasteiger partial charge is 0.313 e. The molecule has 0 spiro atoms.